The molecule has 1 aliphatic rings. The van der Waals surface area contributed by atoms with Crippen molar-refractivity contribution in [2.75, 3.05) is 19.6 Å². The normalized spacial score (nSPS) is 16.8. The highest BCUT2D eigenvalue weighted by molar-refractivity contribution is 7.16. The van der Waals surface area contributed by atoms with E-state index in [0.29, 0.717) is 12.5 Å². The number of hydrogen-bond acceptors (Lipinski definition) is 5. The lowest BCUT2D eigenvalue weighted by molar-refractivity contribution is 0.208. The first-order valence-corrected chi connectivity index (χ1v) is 10.8. The molecule has 0 saturated carbocycles. The SMILES string of the molecule is Cc1nc(-c2ccc(CCNC(=O)N3CCC(c4nccn4C)C3)s2)cs1. The molecule has 1 N–H and O–H groups in total. The molecule has 1 aliphatic heterocycles. The summed E-state index contributed by atoms with van der Waals surface area (Å²) >= 11 is 3.42. The lowest BCUT2D eigenvalue weighted by Gasteiger charge is -2.17. The number of amides is 2. The number of aryl methyl sites for hydroxylation is 2. The molecule has 2 amide bonds. The summed E-state index contributed by atoms with van der Waals surface area (Å²) < 4.78 is 2.05. The summed E-state index contributed by atoms with van der Waals surface area (Å²) in [6.07, 6.45) is 5.59. The van der Waals surface area contributed by atoms with Gasteiger partial charge in [0, 0.05) is 55.3 Å². The van der Waals surface area contributed by atoms with E-state index in [0.717, 1.165) is 42.5 Å². The van der Waals surface area contributed by atoms with Crippen molar-refractivity contribution in [3.8, 4) is 10.6 Å². The third-order valence-corrected chi connectivity index (χ3v) is 6.82. The number of carbonyl (C=O) groups is 1. The van der Waals surface area contributed by atoms with Crippen LogP contribution in [0.1, 0.15) is 28.0 Å². The van der Waals surface area contributed by atoms with Gasteiger partial charge in [-0.25, -0.2) is 14.8 Å². The van der Waals surface area contributed by atoms with Gasteiger partial charge in [-0.3, -0.25) is 0 Å². The molecule has 0 aromatic carbocycles. The molecule has 6 nitrogen and oxygen atoms in total. The number of thiophene rings is 1. The van der Waals surface area contributed by atoms with Gasteiger partial charge in [-0.15, -0.1) is 22.7 Å². The Bertz CT molecular complexity index is 928. The van der Waals surface area contributed by atoms with Gasteiger partial charge in [0.1, 0.15) is 5.82 Å². The number of urea groups is 1. The summed E-state index contributed by atoms with van der Waals surface area (Å²) in [5.41, 5.74) is 1.05. The summed E-state index contributed by atoms with van der Waals surface area (Å²) in [6.45, 7) is 4.20. The average Bonchev–Trinajstić information content (AvgIpc) is 3.41. The highest BCUT2D eigenvalue weighted by atomic mass is 32.1. The van der Waals surface area contributed by atoms with Crippen LogP contribution in [0.4, 0.5) is 4.79 Å². The van der Waals surface area contributed by atoms with Gasteiger partial charge in [-0.1, -0.05) is 0 Å². The second kappa shape index (κ2) is 7.82. The Balaban J connectivity index is 1.25. The van der Waals surface area contributed by atoms with Crippen LogP contribution in [-0.2, 0) is 13.5 Å². The van der Waals surface area contributed by atoms with Crippen molar-refractivity contribution in [2.24, 2.45) is 7.05 Å². The minimum absolute atomic E-state index is 0.0265. The maximum Gasteiger partial charge on any atom is 0.317 e. The molecule has 0 spiro atoms. The van der Waals surface area contributed by atoms with E-state index in [1.165, 1.54) is 9.75 Å². The van der Waals surface area contributed by atoms with Crippen LogP contribution in [-0.4, -0.2) is 45.1 Å². The van der Waals surface area contributed by atoms with Crippen LogP contribution in [0.2, 0.25) is 0 Å². The third-order valence-electron chi connectivity index (χ3n) is 4.88. The lowest BCUT2D eigenvalue weighted by Crippen LogP contribution is -2.39. The van der Waals surface area contributed by atoms with Gasteiger partial charge < -0.3 is 14.8 Å². The van der Waals surface area contributed by atoms with Gasteiger partial charge in [0.2, 0.25) is 0 Å². The molecule has 8 heteroatoms. The average molecular weight is 402 g/mol. The molecule has 1 saturated heterocycles. The van der Waals surface area contributed by atoms with Crippen molar-refractivity contribution in [2.45, 2.75) is 25.7 Å². The van der Waals surface area contributed by atoms with E-state index in [2.05, 4.69) is 32.8 Å². The Morgan fingerprint density at radius 3 is 3.04 bits per heavy atom. The zero-order chi connectivity index (χ0) is 18.8. The van der Waals surface area contributed by atoms with Crippen LogP contribution < -0.4 is 5.32 Å². The molecule has 1 fully saturated rings. The molecule has 142 valence electrons. The summed E-state index contributed by atoms with van der Waals surface area (Å²) in [5.74, 6) is 1.39. The van der Waals surface area contributed by atoms with Crippen LogP contribution >= 0.6 is 22.7 Å². The number of nitrogens with one attached hydrogen (secondary N) is 1. The molecule has 0 radical (unpaired) electrons. The molecule has 1 atom stereocenters. The van der Waals surface area contributed by atoms with E-state index < -0.39 is 0 Å². The zero-order valence-corrected chi connectivity index (χ0v) is 17.1. The number of likely N-dealkylation sites (tertiary alicyclic amines) is 1. The number of aromatic nitrogens is 3. The Morgan fingerprint density at radius 2 is 2.30 bits per heavy atom. The summed E-state index contributed by atoms with van der Waals surface area (Å²) in [5, 5.41) is 6.24. The van der Waals surface area contributed by atoms with Crippen molar-refractivity contribution >= 4 is 28.7 Å². The largest absolute Gasteiger partial charge is 0.338 e. The highest BCUT2D eigenvalue weighted by Crippen LogP contribution is 2.29. The zero-order valence-electron chi connectivity index (χ0n) is 15.5. The molecule has 3 aromatic heterocycles. The first-order chi connectivity index (χ1) is 13.1. The van der Waals surface area contributed by atoms with E-state index in [9.17, 15) is 4.79 Å². The minimum atomic E-state index is 0.0265. The van der Waals surface area contributed by atoms with Crippen LogP contribution in [0.15, 0.2) is 29.9 Å². The number of carbonyl (C=O) groups excluding carboxylic acids is 1. The monoisotopic (exact) mass is 401 g/mol. The molecule has 0 aliphatic carbocycles. The van der Waals surface area contributed by atoms with Gasteiger partial charge in [-0.2, -0.15) is 0 Å². The number of nitrogens with zero attached hydrogens (tertiary/aromatic N) is 4. The van der Waals surface area contributed by atoms with Crippen molar-refractivity contribution < 1.29 is 4.79 Å². The van der Waals surface area contributed by atoms with Gasteiger partial charge in [-0.05, 0) is 31.9 Å². The Morgan fingerprint density at radius 1 is 1.41 bits per heavy atom. The predicted octanol–water partition coefficient (Wildman–Crippen LogP) is 3.66. The van der Waals surface area contributed by atoms with Gasteiger partial charge in [0.15, 0.2) is 0 Å². The van der Waals surface area contributed by atoms with Crippen molar-refractivity contribution in [1.82, 2.24) is 24.8 Å². The smallest absolute Gasteiger partial charge is 0.317 e. The first kappa shape index (κ1) is 18.2. The van der Waals surface area contributed by atoms with Crippen molar-refractivity contribution in [1.29, 1.82) is 0 Å². The predicted molar refractivity (Wildman–Crippen MR) is 109 cm³/mol. The number of hydrogen-bond donors (Lipinski definition) is 1. The van der Waals surface area contributed by atoms with Gasteiger partial charge in [0.05, 0.1) is 15.6 Å². The van der Waals surface area contributed by atoms with Gasteiger partial charge >= 0.3 is 6.03 Å². The lowest BCUT2D eigenvalue weighted by atomic mass is 10.1. The Kier molecular flexibility index (Phi) is 5.27. The maximum atomic E-state index is 12.4. The van der Waals surface area contributed by atoms with E-state index in [-0.39, 0.29) is 6.03 Å². The topological polar surface area (TPSA) is 63.1 Å². The molecule has 3 aromatic rings. The fourth-order valence-corrected chi connectivity index (χ4v) is 5.11. The quantitative estimate of drug-likeness (QED) is 0.710. The molecular formula is C19H23N5OS2. The molecule has 1 unspecified atom stereocenters. The standard InChI is InChI=1S/C19H23N5OS2/c1-13-22-16(12-26-13)17-4-3-15(27-17)5-7-21-19(25)24-9-6-14(11-24)18-20-8-10-23(18)2/h3-4,8,10,12,14H,5-7,9,11H2,1-2H3,(H,21,25). The molecule has 4 heterocycles. The third kappa shape index (κ3) is 4.06. The number of thiazole rings is 1. The van der Waals surface area contributed by atoms with Crippen molar-refractivity contribution in [3.05, 3.63) is 45.6 Å². The molecule has 4 rings (SSSR count). The minimum Gasteiger partial charge on any atom is -0.338 e. The maximum absolute atomic E-state index is 12.4. The van der Waals surface area contributed by atoms with E-state index in [4.69, 9.17) is 0 Å². The molecule has 0 bridgehead atoms. The highest BCUT2D eigenvalue weighted by Gasteiger charge is 2.29. The molecule has 27 heavy (non-hydrogen) atoms. The van der Waals surface area contributed by atoms with Crippen molar-refractivity contribution in [3.63, 3.8) is 0 Å². The number of imidazole rings is 1. The fourth-order valence-electron chi connectivity index (χ4n) is 3.46. The summed E-state index contributed by atoms with van der Waals surface area (Å²) in [6, 6.07) is 4.28. The summed E-state index contributed by atoms with van der Waals surface area (Å²) in [4.78, 5) is 25.8. The van der Waals surface area contributed by atoms with Crippen LogP contribution in [0.25, 0.3) is 10.6 Å². The fraction of sp³-hybridized carbons (Fsp3) is 0.421. The number of rotatable bonds is 5. The molecular weight excluding hydrogens is 378 g/mol. The first-order valence-electron chi connectivity index (χ1n) is 9.11. The van der Waals surface area contributed by atoms with Crippen LogP contribution in [0.5, 0.6) is 0 Å². The van der Waals surface area contributed by atoms with Crippen LogP contribution in [0.3, 0.4) is 0 Å². The van der Waals surface area contributed by atoms with E-state index >= 15 is 0 Å². The summed E-state index contributed by atoms with van der Waals surface area (Å²) in [7, 11) is 2.01. The second-order valence-corrected chi connectivity index (χ2v) is 9.06. The Hall–Kier alpha value is -2.19. The van der Waals surface area contributed by atoms with Gasteiger partial charge in [0.25, 0.3) is 0 Å². The Labute approximate surface area is 166 Å². The van der Waals surface area contributed by atoms with E-state index in [1.54, 1.807) is 22.7 Å². The van der Waals surface area contributed by atoms with E-state index in [1.807, 2.05) is 35.8 Å². The van der Waals surface area contributed by atoms with Crippen LogP contribution in [0, 0.1) is 6.92 Å². The second-order valence-electron chi connectivity index (χ2n) is 6.83.